The molecule has 2 aliphatic heterocycles. The van der Waals surface area contributed by atoms with Gasteiger partial charge in [-0.25, -0.2) is 4.67 Å². The van der Waals surface area contributed by atoms with Gasteiger partial charge in [-0.05, 0) is 82.8 Å². The average molecular weight is 510 g/mol. The third-order valence-electron chi connectivity index (χ3n) is 7.84. The molecule has 2 aliphatic rings. The fraction of sp³-hybridized carbons (Fsp3) is 0.625. The molecule has 0 spiro atoms. The van der Waals surface area contributed by atoms with Gasteiger partial charge in [0, 0.05) is 28.6 Å². The summed E-state index contributed by atoms with van der Waals surface area (Å²) in [5.41, 5.74) is 7.56. The van der Waals surface area contributed by atoms with Crippen molar-refractivity contribution < 1.29 is 9.05 Å². The van der Waals surface area contributed by atoms with E-state index in [0.29, 0.717) is 0 Å². The van der Waals surface area contributed by atoms with E-state index < -0.39 is 8.53 Å². The number of hydrogen-bond acceptors (Lipinski definition) is 3. The van der Waals surface area contributed by atoms with Crippen molar-refractivity contribution >= 4 is 8.53 Å². The van der Waals surface area contributed by atoms with Crippen molar-refractivity contribution in [1.82, 2.24) is 4.67 Å². The van der Waals surface area contributed by atoms with Crippen LogP contribution in [0.1, 0.15) is 122 Å². The van der Waals surface area contributed by atoms with Crippen molar-refractivity contribution in [2.45, 2.75) is 131 Å². The van der Waals surface area contributed by atoms with Gasteiger partial charge in [0.05, 0.1) is 0 Å². The normalized spacial score (nSPS) is 20.4. The van der Waals surface area contributed by atoms with Crippen molar-refractivity contribution in [3.05, 3.63) is 57.6 Å². The number of fused-ring (bicyclic) bond motifs is 2. The molecule has 0 aliphatic carbocycles. The molecular formula is C32H48NO2P. The Bertz CT molecular complexity index is 1060. The Morgan fingerprint density at radius 3 is 1.44 bits per heavy atom. The molecule has 0 amide bonds. The van der Waals surface area contributed by atoms with Crippen LogP contribution in [0.25, 0.3) is 0 Å². The third kappa shape index (κ3) is 5.21. The largest absolute Gasteiger partial charge is 0.426 e. The summed E-state index contributed by atoms with van der Waals surface area (Å²) in [5.74, 6) is 2.06. The topological polar surface area (TPSA) is 21.7 Å². The number of benzene rings is 2. The molecule has 2 aromatic rings. The molecule has 0 aromatic heterocycles. The minimum atomic E-state index is -1.40. The van der Waals surface area contributed by atoms with Crippen LogP contribution in [0.3, 0.4) is 0 Å². The fourth-order valence-electron chi connectivity index (χ4n) is 6.18. The zero-order valence-electron chi connectivity index (χ0n) is 24.8. The summed E-state index contributed by atoms with van der Waals surface area (Å²) in [7, 11) is -1.40. The number of aryl methyl sites for hydroxylation is 2. The third-order valence-corrected chi connectivity index (χ3v) is 9.93. The first-order valence-electron chi connectivity index (χ1n) is 13.6. The summed E-state index contributed by atoms with van der Waals surface area (Å²) in [6.07, 6.45) is 4.32. The molecule has 198 valence electrons. The molecule has 0 radical (unpaired) electrons. The first-order valence-corrected chi connectivity index (χ1v) is 14.8. The average Bonchev–Trinajstić information content (AvgIpc) is 2.66. The van der Waals surface area contributed by atoms with Gasteiger partial charge in [0.25, 0.3) is 0 Å². The molecule has 1 saturated heterocycles. The molecule has 4 rings (SSSR count). The molecule has 0 unspecified atom stereocenters. The molecule has 1 fully saturated rings. The van der Waals surface area contributed by atoms with Crippen LogP contribution in [0, 0.1) is 13.8 Å². The molecule has 36 heavy (non-hydrogen) atoms. The first kappa shape index (κ1) is 27.5. The van der Waals surface area contributed by atoms with Crippen LogP contribution in [-0.2, 0) is 17.3 Å². The van der Waals surface area contributed by atoms with Gasteiger partial charge in [0.15, 0.2) is 0 Å². The second-order valence-electron chi connectivity index (χ2n) is 14.5. The van der Waals surface area contributed by atoms with Crippen molar-refractivity contribution in [1.29, 1.82) is 0 Å². The van der Waals surface area contributed by atoms with Gasteiger partial charge in [-0.1, -0.05) is 76.9 Å². The maximum Gasteiger partial charge on any atom is 0.385 e. The van der Waals surface area contributed by atoms with E-state index in [4.69, 9.17) is 9.05 Å². The fourth-order valence-corrected chi connectivity index (χ4v) is 8.21. The van der Waals surface area contributed by atoms with E-state index in [9.17, 15) is 0 Å². The van der Waals surface area contributed by atoms with Crippen molar-refractivity contribution in [3.63, 3.8) is 0 Å². The Hall–Kier alpha value is -1.57. The van der Waals surface area contributed by atoms with E-state index in [1.165, 1.54) is 39.8 Å². The van der Waals surface area contributed by atoms with Crippen LogP contribution in [-0.4, -0.2) is 15.7 Å². The summed E-state index contributed by atoms with van der Waals surface area (Å²) in [6.45, 7) is 27.6. The number of nitrogens with zero attached hydrogens (tertiary/aromatic N) is 1. The van der Waals surface area contributed by atoms with E-state index in [1.807, 2.05) is 0 Å². The Morgan fingerprint density at radius 1 is 0.694 bits per heavy atom. The van der Waals surface area contributed by atoms with Gasteiger partial charge in [-0.3, -0.25) is 0 Å². The van der Waals surface area contributed by atoms with Crippen molar-refractivity contribution in [3.8, 4) is 11.5 Å². The Morgan fingerprint density at radius 2 is 1.08 bits per heavy atom. The predicted molar refractivity (Wildman–Crippen MR) is 155 cm³/mol. The second kappa shape index (κ2) is 9.02. The van der Waals surface area contributed by atoms with Crippen LogP contribution in [0.15, 0.2) is 24.3 Å². The molecule has 0 bridgehead atoms. The quantitative estimate of drug-likeness (QED) is 0.357. The zero-order valence-corrected chi connectivity index (χ0v) is 25.7. The lowest BCUT2D eigenvalue weighted by Crippen LogP contribution is -2.56. The lowest BCUT2D eigenvalue weighted by Gasteiger charge is -2.53. The highest BCUT2D eigenvalue weighted by atomic mass is 31.2. The summed E-state index contributed by atoms with van der Waals surface area (Å²) >= 11 is 0. The maximum absolute atomic E-state index is 7.18. The maximum atomic E-state index is 7.18. The number of rotatable bonds is 1. The van der Waals surface area contributed by atoms with E-state index >= 15 is 0 Å². The summed E-state index contributed by atoms with van der Waals surface area (Å²) < 4.78 is 16.9. The summed E-state index contributed by atoms with van der Waals surface area (Å²) in [6, 6.07) is 9.30. The van der Waals surface area contributed by atoms with E-state index in [-0.39, 0.29) is 21.9 Å². The van der Waals surface area contributed by atoms with Crippen LogP contribution in [0.5, 0.6) is 11.5 Å². The molecular weight excluding hydrogens is 461 g/mol. The van der Waals surface area contributed by atoms with Gasteiger partial charge in [0.1, 0.15) is 11.5 Å². The first-order chi connectivity index (χ1) is 16.4. The van der Waals surface area contributed by atoms with Gasteiger partial charge in [0.2, 0.25) is 0 Å². The van der Waals surface area contributed by atoms with Gasteiger partial charge < -0.3 is 9.05 Å². The smallest absolute Gasteiger partial charge is 0.385 e. The number of piperidine rings is 1. The lowest BCUT2D eigenvalue weighted by molar-refractivity contribution is 0.0436. The van der Waals surface area contributed by atoms with Gasteiger partial charge in [-0.2, -0.15) is 0 Å². The highest BCUT2D eigenvalue weighted by Gasteiger charge is 2.50. The highest BCUT2D eigenvalue weighted by molar-refractivity contribution is 7.45. The minimum absolute atomic E-state index is 0.0217. The molecule has 0 N–H and O–H groups in total. The second-order valence-corrected chi connectivity index (χ2v) is 15.7. The van der Waals surface area contributed by atoms with Crippen LogP contribution >= 0.6 is 8.53 Å². The van der Waals surface area contributed by atoms with E-state index in [1.54, 1.807) is 0 Å². The van der Waals surface area contributed by atoms with Gasteiger partial charge in [-0.15, -0.1) is 0 Å². The summed E-state index contributed by atoms with van der Waals surface area (Å²) in [5, 5.41) is 0. The Kier molecular flexibility index (Phi) is 6.88. The molecule has 4 heteroatoms. The van der Waals surface area contributed by atoms with Crippen LogP contribution < -0.4 is 9.05 Å². The van der Waals surface area contributed by atoms with E-state index in [2.05, 4.69) is 112 Å². The molecule has 3 nitrogen and oxygen atoms in total. The standard InChI is InChI=1S/C32H48NO2P/c1-21-16-23-20-24-17-22(2)19-26(30(6,7)8)28(24)35-36(34-27(23)25(18-21)29(3,4)5)33-31(9,10)14-13-15-32(33,11)12/h16-19H,13-15,20H2,1-12H3. The Balaban J connectivity index is 2.02. The van der Waals surface area contributed by atoms with E-state index in [0.717, 1.165) is 30.8 Å². The molecule has 0 saturated carbocycles. The van der Waals surface area contributed by atoms with Gasteiger partial charge >= 0.3 is 8.53 Å². The minimum Gasteiger partial charge on any atom is -0.426 e. The zero-order chi connectivity index (χ0) is 26.8. The van der Waals surface area contributed by atoms with Crippen LogP contribution in [0.2, 0.25) is 0 Å². The lowest BCUT2D eigenvalue weighted by atomic mass is 9.81. The van der Waals surface area contributed by atoms with Crippen LogP contribution in [0.4, 0.5) is 0 Å². The van der Waals surface area contributed by atoms with Crippen molar-refractivity contribution in [2.24, 2.45) is 0 Å². The van der Waals surface area contributed by atoms with Crippen molar-refractivity contribution in [2.75, 3.05) is 0 Å². The molecule has 2 aromatic carbocycles. The summed E-state index contributed by atoms with van der Waals surface area (Å²) in [4.78, 5) is 0. The Labute approximate surface area is 221 Å². The molecule has 2 heterocycles. The molecule has 0 atom stereocenters. The number of hydrogen-bond donors (Lipinski definition) is 0. The predicted octanol–water partition coefficient (Wildman–Crippen LogP) is 9.53. The SMILES string of the molecule is Cc1cc2c(c(C(C)(C)C)c1)OP(N1C(C)(C)CCCC1(C)C)Oc1c(cc(C)cc1C(C)(C)C)C2. The monoisotopic (exact) mass is 509 g/mol. The highest BCUT2D eigenvalue weighted by Crippen LogP contribution is 2.59.